The third-order valence-electron chi connectivity index (χ3n) is 3.20. The maximum Gasteiger partial charge on any atom is 0.330 e. The van der Waals surface area contributed by atoms with Gasteiger partial charge in [0, 0.05) is 12.6 Å². The minimum Gasteiger partial charge on any atom is -0.466 e. The average Bonchev–Trinajstić information content (AvgIpc) is 2.47. The molecule has 0 aromatic heterocycles. The minimum absolute atomic E-state index is 0.328. The molecule has 0 aliphatic rings. The van der Waals surface area contributed by atoms with Crippen LogP contribution >= 0.6 is 0 Å². The highest BCUT2D eigenvalue weighted by molar-refractivity contribution is 5.86. The van der Waals surface area contributed by atoms with Crippen LogP contribution < -0.4 is 0 Å². The molecule has 1 aromatic rings. The summed E-state index contributed by atoms with van der Waals surface area (Å²) in [6.45, 7) is 7.64. The number of likely N-dealkylation sites (N-methyl/N-ethyl adjacent to an activating group) is 1. The van der Waals surface area contributed by atoms with Crippen LogP contribution in [-0.4, -0.2) is 37.6 Å². The molecular formula is C16H23NO2. The Morgan fingerprint density at radius 3 is 2.37 bits per heavy atom. The summed E-state index contributed by atoms with van der Waals surface area (Å²) in [5.41, 5.74) is 2.33. The van der Waals surface area contributed by atoms with Gasteiger partial charge in [0.15, 0.2) is 0 Å². The second kappa shape index (κ2) is 8.48. The normalized spacial score (nSPS) is 11.2. The van der Waals surface area contributed by atoms with Gasteiger partial charge in [0.25, 0.3) is 0 Å². The lowest BCUT2D eigenvalue weighted by molar-refractivity contribution is -0.134. The summed E-state index contributed by atoms with van der Waals surface area (Å²) in [6, 6.07) is 8.27. The van der Waals surface area contributed by atoms with E-state index in [1.54, 1.807) is 6.08 Å². The molecule has 0 bridgehead atoms. The van der Waals surface area contributed by atoms with E-state index in [-0.39, 0.29) is 5.97 Å². The van der Waals surface area contributed by atoms with Crippen molar-refractivity contribution in [1.29, 1.82) is 0 Å². The number of carbonyl (C=O) groups is 1. The van der Waals surface area contributed by atoms with Crippen LogP contribution in [0, 0.1) is 0 Å². The largest absolute Gasteiger partial charge is 0.466 e. The number of carbonyl (C=O) groups excluding carboxylic acids is 1. The van der Waals surface area contributed by atoms with Crippen molar-refractivity contribution in [3.63, 3.8) is 0 Å². The molecule has 0 heterocycles. The first-order valence-electron chi connectivity index (χ1n) is 6.76. The van der Waals surface area contributed by atoms with Crippen molar-refractivity contribution in [2.75, 3.05) is 26.7 Å². The Balaban J connectivity index is 2.52. The zero-order chi connectivity index (χ0) is 14.1. The van der Waals surface area contributed by atoms with E-state index >= 15 is 0 Å². The molecule has 0 N–H and O–H groups in total. The highest BCUT2D eigenvalue weighted by Crippen LogP contribution is 2.07. The summed E-state index contributed by atoms with van der Waals surface area (Å²) in [4.78, 5) is 13.4. The highest BCUT2D eigenvalue weighted by Gasteiger charge is 2.00. The molecule has 0 radical (unpaired) electrons. The molecule has 1 rings (SSSR count). The number of methoxy groups -OCH3 is 1. The van der Waals surface area contributed by atoms with Crippen molar-refractivity contribution in [3.8, 4) is 0 Å². The first kappa shape index (κ1) is 15.4. The van der Waals surface area contributed by atoms with Gasteiger partial charge in [0.2, 0.25) is 0 Å². The van der Waals surface area contributed by atoms with Gasteiger partial charge in [-0.3, -0.25) is 0 Å². The number of nitrogens with zero attached hydrogens (tertiary/aromatic N) is 1. The Morgan fingerprint density at radius 1 is 1.21 bits per heavy atom. The quantitative estimate of drug-likeness (QED) is 0.558. The molecule has 0 saturated carbocycles. The number of ether oxygens (including phenoxy) is 1. The first-order valence-corrected chi connectivity index (χ1v) is 6.76. The summed E-state index contributed by atoms with van der Waals surface area (Å²) in [6.07, 6.45) is 4.26. The molecule has 104 valence electrons. The smallest absolute Gasteiger partial charge is 0.330 e. The fourth-order valence-electron chi connectivity index (χ4n) is 1.85. The Bertz CT molecular complexity index is 405. The second-order valence-corrected chi connectivity index (χ2v) is 4.37. The summed E-state index contributed by atoms with van der Waals surface area (Å²) in [5, 5.41) is 0. The lowest BCUT2D eigenvalue weighted by Crippen LogP contribution is -2.25. The Morgan fingerprint density at radius 2 is 1.84 bits per heavy atom. The molecular weight excluding hydrogens is 238 g/mol. The van der Waals surface area contributed by atoms with Gasteiger partial charge in [-0.1, -0.05) is 38.1 Å². The van der Waals surface area contributed by atoms with Crippen LogP contribution in [0.3, 0.4) is 0 Å². The summed E-state index contributed by atoms with van der Waals surface area (Å²) >= 11 is 0. The lowest BCUT2D eigenvalue weighted by Gasteiger charge is -2.17. The molecule has 19 heavy (non-hydrogen) atoms. The number of benzene rings is 1. The minimum atomic E-state index is -0.328. The molecule has 1 aromatic carbocycles. The summed E-state index contributed by atoms with van der Waals surface area (Å²) < 4.78 is 4.55. The van der Waals surface area contributed by atoms with Crippen molar-refractivity contribution < 1.29 is 9.53 Å². The van der Waals surface area contributed by atoms with Crippen molar-refractivity contribution in [3.05, 3.63) is 41.5 Å². The van der Waals surface area contributed by atoms with Crippen LogP contribution in [0.25, 0.3) is 6.08 Å². The molecule has 0 saturated heterocycles. The fraction of sp³-hybridized carbons (Fsp3) is 0.438. The maximum absolute atomic E-state index is 11.0. The van der Waals surface area contributed by atoms with Crippen LogP contribution in [-0.2, 0) is 16.0 Å². The van der Waals surface area contributed by atoms with Crippen LogP contribution in [0.2, 0.25) is 0 Å². The van der Waals surface area contributed by atoms with Crippen LogP contribution in [0.15, 0.2) is 30.3 Å². The van der Waals surface area contributed by atoms with E-state index in [0.29, 0.717) is 0 Å². The van der Waals surface area contributed by atoms with Gasteiger partial charge < -0.3 is 9.64 Å². The number of hydrogen-bond donors (Lipinski definition) is 0. The molecule has 3 heteroatoms. The monoisotopic (exact) mass is 261 g/mol. The Kier molecular flexibility index (Phi) is 6.90. The van der Waals surface area contributed by atoms with E-state index in [1.807, 2.05) is 12.1 Å². The van der Waals surface area contributed by atoms with Crippen molar-refractivity contribution in [2.45, 2.75) is 20.3 Å². The SMILES string of the molecule is CCN(CC)CCc1ccc(/C=C/C(=O)OC)cc1. The number of hydrogen-bond acceptors (Lipinski definition) is 3. The Labute approximate surface area is 115 Å². The van der Waals surface area contributed by atoms with Gasteiger partial charge in [-0.2, -0.15) is 0 Å². The highest BCUT2D eigenvalue weighted by atomic mass is 16.5. The summed E-state index contributed by atoms with van der Waals surface area (Å²) in [5.74, 6) is -0.328. The topological polar surface area (TPSA) is 29.5 Å². The second-order valence-electron chi connectivity index (χ2n) is 4.37. The molecule has 0 unspecified atom stereocenters. The molecule has 3 nitrogen and oxygen atoms in total. The average molecular weight is 261 g/mol. The fourth-order valence-corrected chi connectivity index (χ4v) is 1.85. The summed E-state index contributed by atoms with van der Waals surface area (Å²) in [7, 11) is 1.38. The van der Waals surface area contributed by atoms with Gasteiger partial charge in [-0.05, 0) is 36.7 Å². The van der Waals surface area contributed by atoms with E-state index in [1.165, 1.54) is 18.7 Å². The molecule has 0 spiro atoms. The maximum atomic E-state index is 11.0. The van der Waals surface area contributed by atoms with Gasteiger partial charge in [-0.15, -0.1) is 0 Å². The van der Waals surface area contributed by atoms with E-state index in [2.05, 4.69) is 35.6 Å². The molecule has 0 aliphatic heterocycles. The van der Waals surface area contributed by atoms with Gasteiger partial charge in [0.1, 0.15) is 0 Å². The predicted octanol–water partition coefficient (Wildman–Crippen LogP) is 2.76. The first-order chi connectivity index (χ1) is 9.19. The number of esters is 1. The van der Waals surface area contributed by atoms with E-state index < -0.39 is 0 Å². The lowest BCUT2D eigenvalue weighted by atomic mass is 10.1. The van der Waals surface area contributed by atoms with Crippen molar-refractivity contribution in [1.82, 2.24) is 4.90 Å². The number of rotatable bonds is 7. The van der Waals surface area contributed by atoms with Gasteiger partial charge in [-0.25, -0.2) is 4.79 Å². The van der Waals surface area contributed by atoms with E-state index in [4.69, 9.17) is 0 Å². The zero-order valence-electron chi connectivity index (χ0n) is 12.1. The van der Waals surface area contributed by atoms with Crippen molar-refractivity contribution in [2.24, 2.45) is 0 Å². The van der Waals surface area contributed by atoms with E-state index in [0.717, 1.165) is 31.6 Å². The third kappa shape index (κ3) is 5.71. The molecule has 0 aliphatic carbocycles. The Hall–Kier alpha value is -1.61. The molecule has 0 atom stereocenters. The van der Waals surface area contributed by atoms with E-state index in [9.17, 15) is 4.79 Å². The van der Waals surface area contributed by atoms with Crippen LogP contribution in [0.4, 0.5) is 0 Å². The zero-order valence-corrected chi connectivity index (χ0v) is 12.1. The standard InChI is InChI=1S/C16H23NO2/c1-4-17(5-2)13-12-15-8-6-14(7-9-15)10-11-16(18)19-3/h6-11H,4-5,12-13H2,1-3H3/b11-10+. The van der Waals surface area contributed by atoms with Crippen molar-refractivity contribution >= 4 is 12.0 Å². The van der Waals surface area contributed by atoms with Crippen LogP contribution in [0.1, 0.15) is 25.0 Å². The molecule has 0 fully saturated rings. The van der Waals surface area contributed by atoms with Gasteiger partial charge >= 0.3 is 5.97 Å². The molecule has 0 amide bonds. The van der Waals surface area contributed by atoms with Crippen LogP contribution in [0.5, 0.6) is 0 Å². The predicted molar refractivity (Wildman–Crippen MR) is 79.0 cm³/mol. The van der Waals surface area contributed by atoms with Gasteiger partial charge in [0.05, 0.1) is 7.11 Å². The third-order valence-corrected chi connectivity index (χ3v) is 3.20.